The van der Waals surface area contributed by atoms with Gasteiger partial charge in [0.1, 0.15) is 0 Å². The fraction of sp³-hybridized carbons (Fsp3) is 0.364. The first kappa shape index (κ1) is 19.0. The van der Waals surface area contributed by atoms with Gasteiger partial charge in [0, 0.05) is 31.5 Å². The normalized spacial score (nSPS) is 16.0. The molecule has 1 saturated heterocycles. The zero-order valence-electron chi connectivity index (χ0n) is 15.6. The average Bonchev–Trinajstić information content (AvgIpc) is 2.67. The van der Waals surface area contributed by atoms with E-state index in [1.165, 1.54) is 10.5 Å². The molecule has 0 spiro atoms. The van der Waals surface area contributed by atoms with E-state index in [9.17, 15) is 14.7 Å². The van der Waals surface area contributed by atoms with Gasteiger partial charge in [-0.2, -0.15) is 0 Å². The molecule has 2 aromatic rings. The van der Waals surface area contributed by atoms with Crippen molar-refractivity contribution in [2.45, 2.75) is 38.1 Å². The first-order chi connectivity index (χ1) is 13.0. The van der Waals surface area contributed by atoms with E-state index in [0.717, 1.165) is 11.1 Å². The number of hydrogen-bond acceptors (Lipinski definition) is 2. The summed E-state index contributed by atoms with van der Waals surface area (Å²) < 4.78 is 0. The number of rotatable bonds is 5. The van der Waals surface area contributed by atoms with Crippen LogP contribution >= 0.6 is 0 Å². The van der Waals surface area contributed by atoms with E-state index < -0.39 is 6.09 Å². The molecule has 27 heavy (non-hydrogen) atoms. The monoisotopic (exact) mass is 366 g/mol. The molecule has 2 N–H and O–H groups in total. The molecular formula is C22H26N2O3. The maximum Gasteiger partial charge on any atom is 0.407 e. The van der Waals surface area contributed by atoms with Crippen molar-refractivity contribution >= 4 is 12.0 Å². The van der Waals surface area contributed by atoms with E-state index in [4.69, 9.17) is 0 Å². The van der Waals surface area contributed by atoms with Gasteiger partial charge in [-0.15, -0.1) is 0 Å². The minimum atomic E-state index is -0.888. The Labute approximate surface area is 160 Å². The van der Waals surface area contributed by atoms with Crippen LogP contribution in [0.25, 0.3) is 0 Å². The highest BCUT2D eigenvalue weighted by Gasteiger charge is 2.39. The first-order valence-electron chi connectivity index (χ1n) is 9.34. The molecule has 142 valence electrons. The van der Waals surface area contributed by atoms with E-state index in [-0.39, 0.29) is 11.3 Å². The van der Waals surface area contributed by atoms with E-state index >= 15 is 0 Å². The van der Waals surface area contributed by atoms with Gasteiger partial charge in [-0.05, 0) is 30.9 Å². The Balaban J connectivity index is 1.70. The summed E-state index contributed by atoms with van der Waals surface area (Å²) >= 11 is 0. The summed E-state index contributed by atoms with van der Waals surface area (Å²) in [4.78, 5) is 25.4. The third-order valence-corrected chi connectivity index (χ3v) is 5.45. The van der Waals surface area contributed by atoms with Crippen molar-refractivity contribution < 1.29 is 14.7 Å². The van der Waals surface area contributed by atoms with Crippen LogP contribution in [0.5, 0.6) is 0 Å². The molecule has 5 heteroatoms. The van der Waals surface area contributed by atoms with Crippen LogP contribution in [-0.2, 0) is 16.8 Å². The van der Waals surface area contributed by atoms with Gasteiger partial charge >= 0.3 is 6.09 Å². The van der Waals surface area contributed by atoms with Gasteiger partial charge in [-0.1, -0.05) is 60.2 Å². The predicted octanol–water partition coefficient (Wildman–Crippen LogP) is 3.71. The fourth-order valence-electron chi connectivity index (χ4n) is 3.88. The Morgan fingerprint density at radius 3 is 2.41 bits per heavy atom. The largest absolute Gasteiger partial charge is 0.465 e. The maximum atomic E-state index is 12.7. The molecule has 1 heterocycles. The number of carboxylic acid groups (broad SMARTS) is 1. The smallest absolute Gasteiger partial charge is 0.407 e. The topological polar surface area (TPSA) is 69.6 Å². The van der Waals surface area contributed by atoms with Crippen molar-refractivity contribution in [1.82, 2.24) is 10.2 Å². The molecule has 1 fully saturated rings. The lowest BCUT2D eigenvalue weighted by atomic mass is 9.70. The van der Waals surface area contributed by atoms with Crippen LogP contribution in [0.4, 0.5) is 4.79 Å². The standard InChI is InChI=1S/C22H26N2O3/c1-17-6-5-7-18(14-17)16-23-20(25)15-22(19-8-3-2-4-9-19)10-12-24(13-11-22)21(26)27/h2-9,14H,10-13,15-16H2,1H3,(H,23,25)(H,26,27). The SMILES string of the molecule is Cc1cccc(CNC(=O)CC2(c3ccccc3)CCN(C(=O)O)CC2)c1. The van der Waals surface area contributed by atoms with Gasteiger partial charge in [0.15, 0.2) is 0 Å². The van der Waals surface area contributed by atoms with E-state index in [1.807, 2.05) is 55.5 Å². The molecule has 3 rings (SSSR count). The second-order valence-corrected chi connectivity index (χ2v) is 7.36. The number of amides is 2. The second-order valence-electron chi connectivity index (χ2n) is 7.36. The van der Waals surface area contributed by atoms with Crippen LogP contribution in [-0.4, -0.2) is 35.1 Å². The molecule has 1 aliphatic heterocycles. The zero-order valence-corrected chi connectivity index (χ0v) is 15.6. The van der Waals surface area contributed by atoms with Crippen molar-refractivity contribution in [3.05, 3.63) is 71.3 Å². The highest BCUT2D eigenvalue weighted by molar-refractivity contribution is 5.78. The number of carbonyl (C=O) groups excluding carboxylic acids is 1. The van der Waals surface area contributed by atoms with Crippen molar-refractivity contribution in [3.8, 4) is 0 Å². The maximum absolute atomic E-state index is 12.7. The van der Waals surface area contributed by atoms with Crippen LogP contribution in [0.3, 0.4) is 0 Å². The van der Waals surface area contributed by atoms with Crippen LogP contribution in [0.2, 0.25) is 0 Å². The summed E-state index contributed by atoms with van der Waals surface area (Å²) in [5.41, 5.74) is 3.05. The molecule has 1 aliphatic rings. The summed E-state index contributed by atoms with van der Waals surface area (Å²) in [5.74, 6) is 0.00383. The molecule has 0 aliphatic carbocycles. The van der Waals surface area contributed by atoms with Gasteiger partial charge in [-0.25, -0.2) is 4.79 Å². The van der Waals surface area contributed by atoms with E-state index in [1.54, 1.807) is 0 Å². The lowest BCUT2D eigenvalue weighted by molar-refractivity contribution is -0.123. The minimum absolute atomic E-state index is 0.00383. The quantitative estimate of drug-likeness (QED) is 0.847. The van der Waals surface area contributed by atoms with Gasteiger partial charge in [0.25, 0.3) is 0 Å². The number of carbonyl (C=O) groups is 2. The van der Waals surface area contributed by atoms with E-state index in [2.05, 4.69) is 11.4 Å². The van der Waals surface area contributed by atoms with Gasteiger partial charge < -0.3 is 15.3 Å². The molecule has 0 aromatic heterocycles. The lowest BCUT2D eigenvalue weighted by Gasteiger charge is -2.41. The Kier molecular flexibility index (Phi) is 5.79. The third kappa shape index (κ3) is 4.67. The molecule has 0 radical (unpaired) electrons. The number of nitrogens with zero attached hydrogens (tertiary/aromatic N) is 1. The van der Waals surface area contributed by atoms with Crippen molar-refractivity contribution in [1.29, 1.82) is 0 Å². The van der Waals surface area contributed by atoms with Crippen molar-refractivity contribution in [2.75, 3.05) is 13.1 Å². The highest BCUT2D eigenvalue weighted by Crippen LogP contribution is 2.38. The summed E-state index contributed by atoms with van der Waals surface area (Å²) in [6.07, 6.45) is 0.791. The van der Waals surface area contributed by atoms with Gasteiger partial charge in [-0.3, -0.25) is 4.79 Å². The molecule has 0 saturated carbocycles. The predicted molar refractivity (Wildman–Crippen MR) is 105 cm³/mol. The molecule has 0 unspecified atom stereocenters. The zero-order chi connectivity index (χ0) is 19.3. The number of hydrogen-bond donors (Lipinski definition) is 2. The van der Waals surface area contributed by atoms with Crippen molar-refractivity contribution in [3.63, 3.8) is 0 Å². The number of likely N-dealkylation sites (tertiary alicyclic amines) is 1. The summed E-state index contributed by atoms with van der Waals surface area (Å²) in [7, 11) is 0. The Bertz CT molecular complexity index is 796. The molecule has 0 bridgehead atoms. The Morgan fingerprint density at radius 2 is 1.78 bits per heavy atom. The molecule has 2 aromatic carbocycles. The molecule has 0 atom stereocenters. The Hall–Kier alpha value is -2.82. The highest BCUT2D eigenvalue weighted by atomic mass is 16.4. The van der Waals surface area contributed by atoms with Gasteiger partial charge in [0.2, 0.25) is 5.91 Å². The number of benzene rings is 2. The van der Waals surface area contributed by atoms with Crippen LogP contribution in [0, 0.1) is 6.92 Å². The number of piperidine rings is 1. The first-order valence-corrected chi connectivity index (χ1v) is 9.34. The lowest BCUT2D eigenvalue weighted by Crippen LogP contribution is -2.46. The van der Waals surface area contributed by atoms with Crippen LogP contribution in [0.15, 0.2) is 54.6 Å². The Morgan fingerprint density at radius 1 is 1.07 bits per heavy atom. The summed E-state index contributed by atoms with van der Waals surface area (Å²) in [5, 5.41) is 12.3. The second kappa shape index (κ2) is 8.25. The third-order valence-electron chi connectivity index (χ3n) is 5.45. The van der Waals surface area contributed by atoms with Crippen molar-refractivity contribution in [2.24, 2.45) is 0 Å². The molecule has 2 amide bonds. The average molecular weight is 366 g/mol. The van der Waals surface area contributed by atoms with Crippen LogP contribution in [0.1, 0.15) is 36.0 Å². The minimum Gasteiger partial charge on any atom is -0.465 e. The van der Waals surface area contributed by atoms with Gasteiger partial charge in [0.05, 0.1) is 0 Å². The summed E-state index contributed by atoms with van der Waals surface area (Å²) in [6, 6.07) is 18.1. The molecule has 5 nitrogen and oxygen atoms in total. The molecular weight excluding hydrogens is 340 g/mol. The number of aryl methyl sites for hydroxylation is 1. The summed E-state index contributed by atoms with van der Waals surface area (Å²) in [6.45, 7) is 3.45. The fourth-order valence-corrected chi connectivity index (χ4v) is 3.88. The number of nitrogens with one attached hydrogen (secondary N) is 1. The van der Waals surface area contributed by atoms with Crippen LogP contribution < -0.4 is 5.32 Å². The van der Waals surface area contributed by atoms with E-state index in [0.29, 0.717) is 38.9 Å².